The molecule has 3 aromatic heterocycles. The minimum atomic E-state index is 0.441. The molecule has 3 heterocycles. The largest absolute Gasteiger partial charge is 0.465 e. The van der Waals surface area contributed by atoms with Gasteiger partial charge in [0.2, 0.25) is 5.69 Å². The predicted octanol–water partition coefficient (Wildman–Crippen LogP) is 10.7. The van der Waals surface area contributed by atoms with Gasteiger partial charge in [-0.3, -0.25) is 0 Å². The van der Waals surface area contributed by atoms with E-state index in [1.54, 1.807) is 0 Å². The van der Waals surface area contributed by atoms with E-state index in [1.807, 2.05) is 84.9 Å². The van der Waals surface area contributed by atoms with E-state index in [4.69, 9.17) is 15.4 Å². The van der Waals surface area contributed by atoms with E-state index < -0.39 is 0 Å². The summed E-state index contributed by atoms with van der Waals surface area (Å²) in [5.74, 6) is 0. The van der Waals surface area contributed by atoms with E-state index in [9.17, 15) is 5.26 Å². The SMILES string of the molecule is [C-]#[N+]c1cc(-c2cccc3c2oc2ccccc23)cc2c1oc1c(-n3c4ccccc4c4ccc(C#N)cc43)cccc12. The minimum Gasteiger partial charge on any atom is -0.465 e. The number of hydrogen-bond acceptors (Lipinski definition) is 3. The average molecular weight is 550 g/mol. The molecule has 0 aliphatic rings. The molecule has 0 spiro atoms. The number of furan rings is 2. The fourth-order valence-electron chi connectivity index (χ4n) is 6.56. The second kappa shape index (κ2) is 8.60. The highest BCUT2D eigenvalue weighted by atomic mass is 16.3. The van der Waals surface area contributed by atoms with Gasteiger partial charge in [0.25, 0.3) is 0 Å². The lowest BCUT2D eigenvalue weighted by Gasteiger charge is -2.08. The van der Waals surface area contributed by atoms with Gasteiger partial charge < -0.3 is 13.4 Å². The van der Waals surface area contributed by atoms with Gasteiger partial charge >= 0.3 is 0 Å². The lowest BCUT2D eigenvalue weighted by Crippen LogP contribution is -1.94. The number of rotatable bonds is 2. The van der Waals surface area contributed by atoms with Crippen LogP contribution >= 0.6 is 0 Å². The Bertz CT molecular complexity index is 2710. The molecule has 0 radical (unpaired) electrons. The highest BCUT2D eigenvalue weighted by molar-refractivity contribution is 6.16. The van der Waals surface area contributed by atoms with E-state index in [1.165, 1.54) is 0 Å². The molecule has 0 aliphatic heterocycles. The minimum absolute atomic E-state index is 0.441. The first kappa shape index (κ1) is 23.4. The highest BCUT2D eigenvalue weighted by Crippen LogP contribution is 2.44. The van der Waals surface area contributed by atoms with E-state index in [2.05, 4.69) is 45.8 Å². The summed E-state index contributed by atoms with van der Waals surface area (Å²) in [6.45, 7) is 8.07. The maximum atomic E-state index is 9.67. The van der Waals surface area contributed by atoms with Crippen molar-refractivity contribution in [2.45, 2.75) is 0 Å². The quantitative estimate of drug-likeness (QED) is 0.202. The summed E-state index contributed by atoms with van der Waals surface area (Å²) in [5.41, 5.74) is 8.52. The molecule has 0 aliphatic carbocycles. The molecule has 5 nitrogen and oxygen atoms in total. The molecule has 5 heteroatoms. The molecule has 0 N–H and O–H groups in total. The smallest absolute Gasteiger partial charge is 0.230 e. The van der Waals surface area contributed by atoms with Crippen LogP contribution in [0, 0.1) is 17.9 Å². The zero-order valence-electron chi connectivity index (χ0n) is 22.6. The molecule has 6 aromatic carbocycles. The first-order valence-corrected chi connectivity index (χ1v) is 13.9. The van der Waals surface area contributed by atoms with Crippen LogP contribution in [-0.2, 0) is 0 Å². The Morgan fingerprint density at radius 1 is 0.605 bits per heavy atom. The Morgan fingerprint density at radius 3 is 2.21 bits per heavy atom. The third kappa shape index (κ3) is 3.19. The number of fused-ring (bicyclic) bond motifs is 9. The van der Waals surface area contributed by atoms with Crippen LogP contribution < -0.4 is 0 Å². The summed E-state index contributed by atoms with van der Waals surface area (Å²) in [5, 5.41) is 15.7. The van der Waals surface area contributed by atoms with Crippen LogP contribution in [0.1, 0.15) is 5.56 Å². The second-order valence-corrected chi connectivity index (χ2v) is 10.7. The maximum Gasteiger partial charge on any atom is 0.230 e. The fourth-order valence-corrected chi connectivity index (χ4v) is 6.56. The maximum absolute atomic E-state index is 9.67. The molecule has 9 rings (SSSR count). The first-order chi connectivity index (χ1) is 21.2. The van der Waals surface area contributed by atoms with Crippen LogP contribution in [0.25, 0.3) is 87.3 Å². The highest BCUT2D eigenvalue weighted by Gasteiger charge is 2.21. The monoisotopic (exact) mass is 549 g/mol. The van der Waals surface area contributed by atoms with E-state index in [0.29, 0.717) is 22.4 Å². The molecule has 0 saturated carbocycles. The third-order valence-corrected chi connectivity index (χ3v) is 8.44. The molecule has 198 valence electrons. The molecule has 9 aromatic rings. The normalized spacial score (nSPS) is 11.7. The van der Waals surface area contributed by atoms with E-state index in [0.717, 1.165) is 71.3 Å². The van der Waals surface area contributed by atoms with Crippen molar-refractivity contribution in [3.63, 3.8) is 0 Å². The summed E-state index contributed by atoms with van der Waals surface area (Å²) in [4.78, 5) is 3.90. The fraction of sp³-hybridized carbons (Fsp3) is 0. The molecular weight excluding hydrogens is 530 g/mol. The van der Waals surface area contributed by atoms with Crippen molar-refractivity contribution in [3.05, 3.63) is 132 Å². The van der Waals surface area contributed by atoms with Crippen LogP contribution in [0.15, 0.2) is 124 Å². The van der Waals surface area contributed by atoms with Gasteiger partial charge in [-0.2, -0.15) is 5.26 Å². The number of aromatic nitrogens is 1. The van der Waals surface area contributed by atoms with Gasteiger partial charge in [-0.05, 0) is 48.0 Å². The summed E-state index contributed by atoms with van der Waals surface area (Å²) < 4.78 is 15.1. The summed E-state index contributed by atoms with van der Waals surface area (Å²) in [7, 11) is 0. The van der Waals surface area contributed by atoms with Gasteiger partial charge in [0.05, 0.1) is 34.9 Å². The molecule has 0 atom stereocenters. The third-order valence-electron chi connectivity index (χ3n) is 8.44. The average Bonchev–Trinajstić information content (AvgIpc) is 3.73. The zero-order valence-corrected chi connectivity index (χ0v) is 22.6. The Kier molecular flexibility index (Phi) is 4.68. The molecule has 0 saturated heterocycles. The van der Waals surface area contributed by atoms with Crippen molar-refractivity contribution in [2.24, 2.45) is 0 Å². The van der Waals surface area contributed by atoms with Crippen LogP contribution in [0.3, 0.4) is 0 Å². The lowest BCUT2D eigenvalue weighted by atomic mass is 9.99. The van der Waals surface area contributed by atoms with E-state index in [-0.39, 0.29) is 0 Å². The summed E-state index contributed by atoms with van der Waals surface area (Å²) >= 11 is 0. The molecule has 43 heavy (non-hydrogen) atoms. The lowest BCUT2D eigenvalue weighted by molar-refractivity contribution is 0.667. The molecule has 0 bridgehead atoms. The van der Waals surface area contributed by atoms with Crippen LogP contribution in [0.5, 0.6) is 0 Å². The Labute approximate surface area is 244 Å². The molecule has 0 fully saturated rings. The van der Waals surface area contributed by atoms with Crippen LogP contribution in [0.2, 0.25) is 0 Å². The van der Waals surface area contributed by atoms with E-state index >= 15 is 0 Å². The van der Waals surface area contributed by atoms with Crippen molar-refractivity contribution in [1.29, 1.82) is 5.26 Å². The number of para-hydroxylation sites is 4. The van der Waals surface area contributed by atoms with Crippen molar-refractivity contribution < 1.29 is 8.83 Å². The van der Waals surface area contributed by atoms with Gasteiger partial charge in [0.15, 0.2) is 5.58 Å². The van der Waals surface area contributed by atoms with Gasteiger partial charge in [-0.15, -0.1) is 0 Å². The number of nitrogens with zero attached hydrogens (tertiary/aromatic N) is 3. The topological polar surface area (TPSA) is 59.4 Å². The van der Waals surface area contributed by atoms with Gasteiger partial charge in [0, 0.05) is 37.9 Å². The van der Waals surface area contributed by atoms with Crippen molar-refractivity contribution in [2.75, 3.05) is 0 Å². The molecular formula is C38H19N3O2. The van der Waals surface area contributed by atoms with Crippen LogP contribution in [0.4, 0.5) is 5.69 Å². The van der Waals surface area contributed by atoms with Gasteiger partial charge in [-0.1, -0.05) is 72.8 Å². The van der Waals surface area contributed by atoms with Crippen LogP contribution in [-0.4, -0.2) is 4.57 Å². The molecule has 0 unspecified atom stereocenters. The zero-order chi connectivity index (χ0) is 28.7. The second-order valence-electron chi connectivity index (χ2n) is 10.7. The number of hydrogen-bond donors (Lipinski definition) is 0. The summed E-state index contributed by atoms with van der Waals surface area (Å²) in [6, 6.07) is 40.5. The first-order valence-electron chi connectivity index (χ1n) is 13.9. The predicted molar refractivity (Wildman–Crippen MR) is 172 cm³/mol. The molecule has 0 amide bonds. The number of benzene rings is 6. The van der Waals surface area contributed by atoms with Crippen molar-refractivity contribution in [3.8, 4) is 22.9 Å². The van der Waals surface area contributed by atoms with Crippen molar-refractivity contribution in [1.82, 2.24) is 4.57 Å². The van der Waals surface area contributed by atoms with Crippen molar-refractivity contribution >= 4 is 71.4 Å². The Morgan fingerprint density at radius 2 is 1.35 bits per heavy atom. The number of nitriles is 1. The van der Waals surface area contributed by atoms with Gasteiger partial charge in [0.1, 0.15) is 16.7 Å². The Balaban J connectivity index is 1.35. The van der Waals surface area contributed by atoms with Gasteiger partial charge in [-0.25, -0.2) is 4.85 Å². The summed E-state index contributed by atoms with van der Waals surface area (Å²) in [6.07, 6.45) is 0. The Hall–Kier alpha value is -6.30. The standard InChI is InChI=1S/C38H19N3O2/c1-40-31-20-23(24-10-6-11-28-27-9-3-5-15-35(27)42-36(24)28)19-30-29-12-7-14-33(38(29)43-37(30)31)41-32-13-4-2-8-25(32)26-17-16-22(21-39)18-34(26)41/h2-20H.